The number of rotatable bonds is 5. The number of aromatic amines is 1. The number of aryl methyl sites for hydroxylation is 5. The van der Waals surface area contributed by atoms with Crippen molar-refractivity contribution in [2.45, 2.75) is 39.5 Å². The lowest BCUT2D eigenvalue weighted by Gasteiger charge is -2.34. The van der Waals surface area contributed by atoms with Crippen molar-refractivity contribution in [1.82, 2.24) is 19.4 Å². The van der Waals surface area contributed by atoms with Crippen LogP contribution in [0.2, 0.25) is 0 Å². The Morgan fingerprint density at radius 2 is 1.68 bits per heavy atom. The topological polar surface area (TPSA) is 129 Å². The molecule has 34 heavy (non-hydrogen) atoms. The van der Waals surface area contributed by atoms with Crippen molar-refractivity contribution >= 4 is 32.6 Å². The maximum atomic E-state index is 13.3. The van der Waals surface area contributed by atoms with Gasteiger partial charge in [-0.25, -0.2) is 13.5 Å². The molecule has 1 aliphatic rings. The first kappa shape index (κ1) is 24.1. The van der Waals surface area contributed by atoms with Gasteiger partial charge in [0, 0.05) is 26.2 Å². The van der Waals surface area contributed by atoms with Crippen molar-refractivity contribution in [2.75, 3.05) is 38.0 Å². The maximum absolute atomic E-state index is 13.3. The lowest BCUT2D eigenvalue weighted by atomic mass is 10.1. The fourth-order valence-electron chi connectivity index (χ4n) is 4.73. The average molecular weight is 488 g/mol. The number of hydrogen-bond donors (Lipinski definition) is 2. The van der Waals surface area contributed by atoms with E-state index >= 15 is 0 Å². The number of carbonyl (C=O) groups is 1. The summed E-state index contributed by atoms with van der Waals surface area (Å²) in [5.74, 6) is 0.253. The Hall–Kier alpha value is -3.02. The summed E-state index contributed by atoms with van der Waals surface area (Å²) < 4.78 is 33.7. The second kappa shape index (κ2) is 8.97. The predicted molar refractivity (Wildman–Crippen MR) is 129 cm³/mol. The standard InChI is InChI=1S/C23H29N5O5S/c1-13-10-14(2)21(15(3)11-13)34(31,32)28-8-6-27(7-9-28)12-18(29)24-23-20-19(17(5)33-23)16(4)25-26-22(20)30/h10-11H,6-9,12H2,1-5H3,(H,24,29)(H,26,30). The van der Waals surface area contributed by atoms with Gasteiger partial charge in [0.2, 0.25) is 21.8 Å². The molecule has 0 radical (unpaired) electrons. The third-order valence-electron chi connectivity index (χ3n) is 6.15. The zero-order chi connectivity index (χ0) is 24.8. The molecule has 182 valence electrons. The highest BCUT2D eigenvalue weighted by Gasteiger charge is 2.31. The summed E-state index contributed by atoms with van der Waals surface area (Å²) in [6.45, 7) is 10.5. The minimum atomic E-state index is -3.62. The van der Waals surface area contributed by atoms with E-state index in [0.29, 0.717) is 34.8 Å². The molecule has 0 atom stereocenters. The second-order valence-corrected chi connectivity index (χ2v) is 10.7. The van der Waals surface area contributed by atoms with Crippen LogP contribution in [0.4, 0.5) is 5.88 Å². The highest BCUT2D eigenvalue weighted by atomic mass is 32.2. The number of sulfonamides is 1. The zero-order valence-electron chi connectivity index (χ0n) is 20.0. The molecule has 3 heterocycles. The van der Waals surface area contributed by atoms with Crippen LogP contribution >= 0.6 is 0 Å². The molecule has 2 N–H and O–H groups in total. The summed E-state index contributed by atoms with van der Waals surface area (Å²) in [5.41, 5.74) is 2.67. The number of aromatic nitrogens is 2. The number of nitrogens with one attached hydrogen (secondary N) is 2. The van der Waals surface area contributed by atoms with Crippen molar-refractivity contribution in [2.24, 2.45) is 0 Å². The highest BCUT2D eigenvalue weighted by molar-refractivity contribution is 7.89. The molecule has 0 saturated carbocycles. The Bertz CT molecular complexity index is 1410. The van der Waals surface area contributed by atoms with Gasteiger partial charge in [-0.2, -0.15) is 9.40 Å². The quantitative estimate of drug-likeness (QED) is 0.563. The number of amides is 1. The van der Waals surface area contributed by atoms with Crippen LogP contribution in [0.5, 0.6) is 0 Å². The van der Waals surface area contributed by atoms with Gasteiger partial charge >= 0.3 is 0 Å². The van der Waals surface area contributed by atoms with E-state index in [1.165, 1.54) is 4.31 Å². The smallest absolute Gasteiger partial charge is 0.277 e. The first-order chi connectivity index (χ1) is 16.0. The van der Waals surface area contributed by atoms with Crippen LogP contribution in [-0.4, -0.2) is 66.5 Å². The molecule has 4 rings (SSSR count). The number of piperazine rings is 1. The Balaban J connectivity index is 1.42. The number of hydrogen-bond acceptors (Lipinski definition) is 7. The number of H-pyrrole nitrogens is 1. The minimum absolute atomic E-state index is 0.0552. The Morgan fingerprint density at radius 1 is 1.06 bits per heavy atom. The average Bonchev–Trinajstić information content (AvgIpc) is 3.07. The van der Waals surface area contributed by atoms with Crippen molar-refractivity contribution in [3.8, 4) is 0 Å². The van der Waals surface area contributed by atoms with E-state index in [4.69, 9.17) is 4.42 Å². The van der Waals surface area contributed by atoms with E-state index in [1.54, 1.807) is 13.8 Å². The monoisotopic (exact) mass is 487 g/mol. The van der Waals surface area contributed by atoms with Crippen molar-refractivity contribution in [1.29, 1.82) is 0 Å². The van der Waals surface area contributed by atoms with Gasteiger partial charge in [0.05, 0.1) is 22.5 Å². The second-order valence-electron chi connectivity index (χ2n) is 8.83. The molecule has 0 bridgehead atoms. The number of fused-ring (bicyclic) bond motifs is 1. The molecule has 11 heteroatoms. The lowest BCUT2D eigenvalue weighted by molar-refractivity contribution is -0.117. The molecular weight excluding hydrogens is 458 g/mol. The maximum Gasteiger partial charge on any atom is 0.277 e. The molecule has 2 aromatic heterocycles. The van der Waals surface area contributed by atoms with E-state index in [2.05, 4.69) is 15.5 Å². The summed E-state index contributed by atoms with van der Waals surface area (Å²) in [5, 5.41) is 9.88. The summed E-state index contributed by atoms with van der Waals surface area (Å²) in [4.78, 5) is 27.2. The largest absolute Gasteiger partial charge is 0.444 e. The molecule has 10 nitrogen and oxygen atoms in total. The van der Waals surface area contributed by atoms with Gasteiger partial charge < -0.3 is 4.42 Å². The fourth-order valence-corrected chi connectivity index (χ4v) is 6.57. The normalized spacial score (nSPS) is 15.7. The molecule has 3 aromatic rings. The predicted octanol–water partition coefficient (Wildman–Crippen LogP) is 2.00. The van der Waals surface area contributed by atoms with Gasteiger partial charge in [-0.3, -0.25) is 19.8 Å². The molecular formula is C23H29N5O5S. The zero-order valence-corrected chi connectivity index (χ0v) is 20.8. The van der Waals surface area contributed by atoms with Crippen LogP contribution in [0.3, 0.4) is 0 Å². The highest BCUT2D eigenvalue weighted by Crippen LogP contribution is 2.29. The Labute approximate surface area is 198 Å². The molecule has 0 spiro atoms. The lowest BCUT2D eigenvalue weighted by Crippen LogP contribution is -2.50. The molecule has 1 aromatic carbocycles. The number of anilines is 1. The summed E-state index contributed by atoms with van der Waals surface area (Å²) in [6, 6.07) is 3.76. The molecule has 1 saturated heterocycles. The van der Waals surface area contributed by atoms with Crippen LogP contribution in [0, 0.1) is 34.6 Å². The van der Waals surface area contributed by atoms with Gasteiger partial charge in [-0.15, -0.1) is 0 Å². The summed E-state index contributed by atoms with van der Waals surface area (Å²) >= 11 is 0. The van der Waals surface area contributed by atoms with Crippen molar-refractivity contribution in [3.05, 3.63) is 50.6 Å². The minimum Gasteiger partial charge on any atom is -0.444 e. The third kappa shape index (κ3) is 4.38. The molecule has 0 unspecified atom stereocenters. The van der Waals surface area contributed by atoms with Gasteiger partial charge in [-0.05, 0) is 45.7 Å². The van der Waals surface area contributed by atoms with Gasteiger partial charge in [0.15, 0.2) is 0 Å². The van der Waals surface area contributed by atoms with Gasteiger partial charge in [0.25, 0.3) is 5.56 Å². The first-order valence-corrected chi connectivity index (χ1v) is 12.5. The molecule has 1 amide bonds. The number of furan rings is 1. The first-order valence-electron chi connectivity index (χ1n) is 11.1. The van der Waals surface area contributed by atoms with E-state index in [1.807, 2.05) is 37.8 Å². The SMILES string of the molecule is Cc1cc(C)c(S(=O)(=O)N2CCN(CC(=O)Nc3oc(C)c4c(C)n[nH]c(=O)c34)CC2)c(C)c1. The Morgan fingerprint density at radius 3 is 2.29 bits per heavy atom. The number of nitrogens with zero attached hydrogens (tertiary/aromatic N) is 3. The fraction of sp³-hybridized carbons (Fsp3) is 0.435. The van der Waals surface area contributed by atoms with Crippen LogP contribution < -0.4 is 10.9 Å². The summed E-state index contributed by atoms with van der Waals surface area (Å²) in [6.07, 6.45) is 0. The van der Waals surface area contributed by atoms with Crippen LogP contribution in [0.1, 0.15) is 28.1 Å². The van der Waals surface area contributed by atoms with E-state index in [-0.39, 0.29) is 36.8 Å². The molecule has 0 aliphatic carbocycles. The third-order valence-corrected chi connectivity index (χ3v) is 8.36. The molecule has 1 fully saturated rings. The van der Waals surface area contributed by atoms with E-state index < -0.39 is 15.6 Å². The molecule has 1 aliphatic heterocycles. The van der Waals surface area contributed by atoms with Crippen LogP contribution in [0.25, 0.3) is 10.8 Å². The van der Waals surface area contributed by atoms with Crippen molar-refractivity contribution < 1.29 is 17.6 Å². The van der Waals surface area contributed by atoms with Crippen LogP contribution in [-0.2, 0) is 14.8 Å². The van der Waals surface area contributed by atoms with E-state index in [0.717, 1.165) is 16.7 Å². The number of benzene rings is 1. The van der Waals surface area contributed by atoms with Crippen molar-refractivity contribution in [3.63, 3.8) is 0 Å². The van der Waals surface area contributed by atoms with E-state index in [9.17, 15) is 18.0 Å². The van der Waals surface area contributed by atoms with Crippen LogP contribution in [0.15, 0.2) is 26.2 Å². The van der Waals surface area contributed by atoms with Gasteiger partial charge in [-0.1, -0.05) is 17.7 Å². The Kier molecular flexibility index (Phi) is 6.36. The summed E-state index contributed by atoms with van der Waals surface area (Å²) in [7, 11) is -3.62. The number of carbonyl (C=O) groups excluding carboxylic acids is 1. The van der Waals surface area contributed by atoms with Gasteiger partial charge in [0.1, 0.15) is 11.1 Å².